The summed E-state index contributed by atoms with van der Waals surface area (Å²) in [5.74, 6) is 1.84. The highest BCUT2D eigenvalue weighted by Crippen LogP contribution is 2.32. The fourth-order valence-corrected chi connectivity index (χ4v) is 1.88. The average Bonchev–Trinajstić information content (AvgIpc) is 2.67. The Morgan fingerprint density at radius 1 is 1.27 bits per heavy atom. The van der Waals surface area contributed by atoms with Crippen molar-refractivity contribution in [2.75, 3.05) is 0 Å². The monoisotopic (exact) mass is 230 g/mol. The Morgan fingerprint density at radius 2 is 2.07 bits per heavy atom. The van der Waals surface area contributed by atoms with E-state index in [2.05, 4.69) is 5.10 Å². The summed E-state index contributed by atoms with van der Waals surface area (Å²) in [7, 11) is 0.853. The fourth-order valence-electron chi connectivity index (χ4n) is 1.11. The molecule has 15 heavy (non-hydrogen) atoms. The molecule has 0 aliphatic rings. The molecule has 0 fully saturated rings. The molecule has 0 unspecified atom stereocenters. The largest absolute Gasteiger partial charge is 0.432 e. The van der Waals surface area contributed by atoms with Crippen LogP contribution in [0.15, 0.2) is 30.1 Å². The lowest BCUT2D eigenvalue weighted by Crippen LogP contribution is -2.04. The van der Waals surface area contributed by atoms with Crippen LogP contribution in [0.5, 0.6) is 0 Å². The summed E-state index contributed by atoms with van der Waals surface area (Å²) in [5, 5.41) is 6.37. The summed E-state index contributed by atoms with van der Waals surface area (Å²) in [6, 6.07) is 6.37. The van der Waals surface area contributed by atoms with Gasteiger partial charge in [0.05, 0.1) is 5.69 Å². The molecule has 78 valence electrons. The zero-order valence-electron chi connectivity index (χ0n) is 7.42. The van der Waals surface area contributed by atoms with Gasteiger partial charge in [0.1, 0.15) is 5.69 Å². The summed E-state index contributed by atoms with van der Waals surface area (Å²) < 4.78 is 36.8. The first-order valence-corrected chi connectivity index (χ1v) is 5.08. The highest BCUT2D eigenvalue weighted by Gasteiger charge is 2.33. The minimum atomic E-state index is -4.36. The predicted octanol–water partition coefficient (Wildman–Crippen LogP) is 3.68. The molecule has 2 heterocycles. The molecule has 0 aliphatic heterocycles. The van der Waals surface area contributed by atoms with Crippen LogP contribution >= 0.6 is 8.19 Å². The highest BCUT2D eigenvalue weighted by atomic mass is 31.0. The highest BCUT2D eigenvalue weighted by molar-refractivity contribution is 7.33. The third-order valence-electron chi connectivity index (χ3n) is 1.81. The van der Waals surface area contributed by atoms with E-state index in [0.29, 0.717) is 5.69 Å². The van der Waals surface area contributed by atoms with Crippen molar-refractivity contribution in [2.24, 2.45) is 0 Å². The van der Waals surface area contributed by atoms with Gasteiger partial charge in [-0.25, -0.2) is 0 Å². The number of aromatic nitrogens is 2. The first-order chi connectivity index (χ1) is 7.07. The van der Waals surface area contributed by atoms with Gasteiger partial charge in [0.25, 0.3) is 0 Å². The molecule has 0 saturated carbocycles. The second-order valence-electron chi connectivity index (χ2n) is 2.88. The maximum Gasteiger partial charge on any atom is 0.432 e. The number of aromatic amines is 1. The van der Waals surface area contributed by atoms with E-state index in [-0.39, 0.29) is 0 Å². The van der Waals surface area contributed by atoms with E-state index in [9.17, 15) is 13.2 Å². The molecule has 6 heteroatoms. The van der Waals surface area contributed by atoms with Crippen LogP contribution in [0, 0.1) is 0 Å². The van der Waals surface area contributed by atoms with Crippen LogP contribution in [0.25, 0.3) is 11.0 Å². The van der Waals surface area contributed by atoms with E-state index in [1.165, 1.54) is 0 Å². The van der Waals surface area contributed by atoms with E-state index in [1.54, 1.807) is 12.1 Å². The Morgan fingerprint density at radius 3 is 2.60 bits per heavy atom. The van der Waals surface area contributed by atoms with Crippen LogP contribution < -0.4 is 0 Å². The SMILES string of the molecule is FC(F)(F)c1cc(-c2ccccp2)n[nH]1. The second kappa shape index (κ2) is 3.66. The molecule has 0 amide bonds. The van der Waals surface area contributed by atoms with Crippen molar-refractivity contribution in [3.63, 3.8) is 0 Å². The lowest BCUT2D eigenvalue weighted by Gasteiger charge is -1.99. The maximum atomic E-state index is 12.3. The van der Waals surface area contributed by atoms with Gasteiger partial charge in [-0.3, -0.25) is 5.10 Å². The summed E-state index contributed by atoms with van der Waals surface area (Å²) in [4.78, 5) is 0. The molecule has 1 N–H and O–H groups in total. The lowest BCUT2D eigenvalue weighted by molar-refractivity contribution is -0.141. The topological polar surface area (TPSA) is 28.7 Å². The predicted molar refractivity (Wildman–Crippen MR) is 51.5 cm³/mol. The van der Waals surface area contributed by atoms with E-state index in [4.69, 9.17) is 0 Å². The molecular weight excluding hydrogens is 224 g/mol. The molecule has 0 spiro atoms. The number of nitrogens with one attached hydrogen (secondary N) is 1. The zero-order chi connectivity index (χ0) is 10.9. The Labute approximate surface area is 85.2 Å². The van der Waals surface area contributed by atoms with Crippen molar-refractivity contribution in [1.29, 1.82) is 0 Å². The first kappa shape index (κ1) is 10.2. The first-order valence-electron chi connectivity index (χ1n) is 4.11. The van der Waals surface area contributed by atoms with E-state index >= 15 is 0 Å². The minimum Gasteiger partial charge on any atom is -0.273 e. The summed E-state index contributed by atoms with van der Waals surface area (Å²) in [6.07, 6.45) is -4.36. The average molecular weight is 230 g/mol. The van der Waals surface area contributed by atoms with Gasteiger partial charge in [-0.1, -0.05) is 20.3 Å². The molecule has 0 radical (unpaired) electrons. The minimum absolute atomic E-state index is 0.338. The van der Waals surface area contributed by atoms with Gasteiger partial charge in [0.2, 0.25) is 0 Å². The van der Waals surface area contributed by atoms with Crippen molar-refractivity contribution in [3.05, 3.63) is 35.8 Å². The molecule has 0 aromatic carbocycles. The number of nitrogens with zero attached hydrogens (tertiary/aromatic N) is 1. The molecule has 2 aromatic rings. The fraction of sp³-hybridized carbons (Fsp3) is 0.111. The summed E-state index contributed by atoms with van der Waals surface area (Å²) >= 11 is 0. The second-order valence-corrected chi connectivity index (χ2v) is 3.92. The van der Waals surface area contributed by atoms with E-state index in [1.807, 2.05) is 17.0 Å². The number of rotatable bonds is 1. The molecular formula is C9H6F3N2P. The molecule has 0 bridgehead atoms. The summed E-state index contributed by atoms with van der Waals surface area (Å²) in [5.41, 5.74) is -0.479. The van der Waals surface area contributed by atoms with Crippen LogP contribution in [0.2, 0.25) is 0 Å². The van der Waals surface area contributed by atoms with E-state index < -0.39 is 11.9 Å². The van der Waals surface area contributed by atoms with Crippen molar-refractivity contribution < 1.29 is 13.2 Å². The lowest BCUT2D eigenvalue weighted by atomic mass is 10.3. The molecule has 0 atom stereocenters. The van der Waals surface area contributed by atoms with Crippen LogP contribution in [0.4, 0.5) is 13.2 Å². The Bertz CT molecular complexity index is 450. The van der Waals surface area contributed by atoms with Gasteiger partial charge in [0.15, 0.2) is 0 Å². The molecule has 0 saturated heterocycles. The van der Waals surface area contributed by atoms with Gasteiger partial charge in [-0.2, -0.15) is 18.3 Å². The summed E-state index contributed by atoms with van der Waals surface area (Å²) in [6.45, 7) is 0. The quantitative estimate of drug-likeness (QED) is 0.795. The number of hydrogen-bond acceptors (Lipinski definition) is 1. The standard InChI is InChI=1S/C9H6F3N2P/c10-9(11,12)8-5-6(13-14-8)7-3-1-2-4-15-7/h1-5H,(H,13,14). The van der Waals surface area contributed by atoms with Crippen molar-refractivity contribution >= 4 is 8.19 Å². The van der Waals surface area contributed by atoms with Crippen molar-refractivity contribution in [3.8, 4) is 11.0 Å². The Kier molecular flexibility index (Phi) is 2.49. The molecule has 2 aromatic heterocycles. The molecule has 0 aliphatic carbocycles. The van der Waals surface area contributed by atoms with E-state index in [0.717, 1.165) is 19.6 Å². The number of H-pyrrole nitrogens is 1. The molecule has 2 rings (SSSR count). The third-order valence-corrected chi connectivity index (χ3v) is 2.79. The Balaban J connectivity index is 2.37. The van der Waals surface area contributed by atoms with Crippen LogP contribution in [0.1, 0.15) is 5.69 Å². The Hall–Kier alpha value is -1.35. The van der Waals surface area contributed by atoms with Gasteiger partial charge >= 0.3 is 6.18 Å². The zero-order valence-corrected chi connectivity index (χ0v) is 8.31. The normalized spacial score (nSPS) is 12.2. The van der Waals surface area contributed by atoms with Crippen molar-refractivity contribution in [2.45, 2.75) is 6.18 Å². The number of alkyl halides is 3. The third kappa shape index (κ3) is 2.18. The van der Waals surface area contributed by atoms with Gasteiger partial charge in [0, 0.05) is 5.30 Å². The van der Waals surface area contributed by atoms with Crippen LogP contribution in [-0.4, -0.2) is 10.2 Å². The maximum absolute atomic E-state index is 12.3. The van der Waals surface area contributed by atoms with Crippen LogP contribution in [-0.2, 0) is 6.18 Å². The molecule has 2 nitrogen and oxygen atoms in total. The smallest absolute Gasteiger partial charge is 0.273 e. The number of halogens is 3. The van der Waals surface area contributed by atoms with Gasteiger partial charge in [-0.05, 0) is 17.9 Å². The van der Waals surface area contributed by atoms with Gasteiger partial charge < -0.3 is 0 Å². The van der Waals surface area contributed by atoms with Crippen LogP contribution in [0.3, 0.4) is 0 Å². The van der Waals surface area contributed by atoms with Gasteiger partial charge in [-0.15, -0.1) is 0 Å². The van der Waals surface area contributed by atoms with Crippen molar-refractivity contribution in [1.82, 2.24) is 10.2 Å². The number of hydrogen-bond donors (Lipinski definition) is 1.